The molecule has 0 bridgehead atoms. The Hall–Kier alpha value is -4.70. The van der Waals surface area contributed by atoms with Crippen LogP contribution in [0.5, 0.6) is 0 Å². The highest BCUT2D eigenvalue weighted by atomic mass is 16.3. The average molecular weight is 581 g/mol. The zero-order chi connectivity index (χ0) is 30.5. The summed E-state index contributed by atoms with van der Waals surface area (Å²) in [5, 5.41) is 0.574. The zero-order valence-corrected chi connectivity index (χ0v) is 25.2. The third-order valence-electron chi connectivity index (χ3n) is 8.37. The first-order valence-corrected chi connectivity index (χ1v) is 14.5. The molecule has 10 nitrogen and oxygen atoms in total. The summed E-state index contributed by atoms with van der Waals surface area (Å²) in [5.74, 6) is 0.264. The highest BCUT2D eigenvalue weighted by molar-refractivity contribution is 6.19. The molecule has 1 aliphatic rings. The molecule has 0 unspecified atom stereocenters. The Labute approximate surface area is 249 Å². The van der Waals surface area contributed by atoms with Gasteiger partial charge in [0.15, 0.2) is 0 Å². The largest absolute Gasteiger partial charge is 0.461 e. The van der Waals surface area contributed by atoms with Gasteiger partial charge in [0.05, 0.1) is 16.8 Å². The summed E-state index contributed by atoms with van der Waals surface area (Å²) in [7, 11) is 1.73. The first-order chi connectivity index (χ1) is 20.6. The van der Waals surface area contributed by atoms with Crippen LogP contribution in [0.2, 0.25) is 0 Å². The molecule has 5 aromatic rings. The number of benzene rings is 1. The van der Waals surface area contributed by atoms with Gasteiger partial charge in [-0.15, -0.1) is 0 Å². The Morgan fingerprint density at radius 1 is 0.953 bits per heavy atom. The van der Waals surface area contributed by atoms with Crippen LogP contribution in [0.1, 0.15) is 37.7 Å². The van der Waals surface area contributed by atoms with E-state index in [1.54, 1.807) is 53.7 Å². The van der Waals surface area contributed by atoms with Crippen molar-refractivity contribution in [2.24, 2.45) is 5.41 Å². The number of amides is 2. The van der Waals surface area contributed by atoms with Gasteiger partial charge in [-0.05, 0) is 63.6 Å². The molecule has 6 rings (SSSR count). The van der Waals surface area contributed by atoms with Gasteiger partial charge in [0.2, 0.25) is 11.8 Å². The van der Waals surface area contributed by atoms with E-state index in [0.29, 0.717) is 55.1 Å². The molecule has 0 spiro atoms. The SMILES string of the molecule is CCN1C(=O)C(C)(C)C(=O)N(C)c2cc(CN(CCn3ccc4oc(C)cc4c3=O)Cc3cccn4ccnc34)ccc21. The second-order valence-electron chi connectivity index (χ2n) is 11.7. The number of carbonyl (C=O) groups excluding carboxylic acids is 2. The van der Waals surface area contributed by atoms with E-state index in [4.69, 9.17) is 4.42 Å². The summed E-state index contributed by atoms with van der Waals surface area (Å²) < 4.78 is 9.35. The lowest BCUT2D eigenvalue weighted by atomic mass is 9.90. The standard InChI is InChI=1S/C33H36N6O4/c1-6-39-26-10-9-23(19-27(26)35(5)31(41)33(3,4)32(39)42)20-36(21-24-8-7-13-37-15-12-34-29(24)37)16-17-38-14-11-28-25(30(38)40)18-22(2)43-28/h7-15,18-19H,6,16-17,20-21H2,1-5H3. The van der Waals surface area contributed by atoms with Crippen molar-refractivity contribution in [1.82, 2.24) is 18.9 Å². The minimum Gasteiger partial charge on any atom is -0.461 e. The van der Waals surface area contributed by atoms with E-state index in [0.717, 1.165) is 22.5 Å². The number of aryl methyl sites for hydroxylation is 1. The number of rotatable bonds is 8. The van der Waals surface area contributed by atoms with Crippen molar-refractivity contribution in [3.05, 3.63) is 94.5 Å². The molecule has 4 aromatic heterocycles. The first-order valence-electron chi connectivity index (χ1n) is 14.5. The lowest BCUT2D eigenvalue weighted by Crippen LogP contribution is -2.47. The number of hydrogen-bond acceptors (Lipinski definition) is 6. The molecule has 43 heavy (non-hydrogen) atoms. The quantitative estimate of drug-likeness (QED) is 0.249. The molecule has 10 heteroatoms. The van der Waals surface area contributed by atoms with Gasteiger partial charge in [-0.2, -0.15) is 0 Å². The smallest absolute Gasteiger partial charge is 0.261 e. The predicted octanol–water partition coefficient (Wildman–Crippen LogP) is 4.61. The van der Waals surface area contributed by atoms with Crippen molar-refractivity contribution < 1.29 is 14.0 Å². The zero-order valence-electron chi connectivity index (χ0n) is 25.2. The molecular weight excluding hydrogens is 544 g/mol. The molecule has 0 atom stereocenters. The predicted molar refractivity (Wildman–Crippen MR) is 166 cm³/mol. The number of anilines is 2. The van der Waals surface area contributed by atoms with Crippen LogP contribution < -0.4 is 15.4 Å². The summed E-state index contributed by atoms with van der Waals surface area (Å²) in [5.41, 5.74) is 3.71. The van der Waals surface area contributed by atoms with Crippen LogP contribution in [0, 0.1) is 12.3 Å². The number of furan rings is 1. The Balaban J connectivity index is 1.34. The van der Waals surface area contributed by atoms with Gasteiger partial charge in [-0.25, -0.2) is 4.98 Å². The van der Waals surface area contributed by atoms with Crippen LogP contribution in [0.4, 0.5) is 11.4 Å². The Morgan fingerprint density at radius 2 is 1.77 bits per heavy atom. The third-order valence-corrected chi connectivity index (χ3v) is 8.37. The molecule has 0 saturated carbocycles. The van der Waals surface area contributed by atoms with E-state index in [9.17, 15) is 14.4 Å². The molecule has 0 fully saturated rings. The normalized spacial score (nSPS) is 15.1. The summed E-state index contributed by atoms with van der Waals surface area (Å²) in [4.78, 5) is 50.0. The minimum absolute atomic E-state index is 0.0817. The van der Waals surface area contributed by atoms with Gasteiger partial charge in [0.25, 0.3) is 5.56 Å². The maximum atomic E-state index is 13.4. The Morgan fingerprint density at radius 3 is 2.56 bits per heavy atom. The lowest BCUT2D eigenvalue weighted by molar-refractivity contribution is -0.137. The van der Waals surface area contributed by atoms with Crippen molar-refractivity contribution in [2.45, 2.75) is 47.3 Å². The van der Waals surface area contributed by atoms with Crippen molar-refractivity contribution in [2.75, 3.05) is 29.9 Å². The third kappa shape index (κ3) is 5.01. The topological polar surface area (TPSA) is 96.3 Å². The first kappa shape index (κ1) is 28.4. The summed E-state index contributed by atoms with van der Waals surface area (Å²) >= 11 is 0. The fourth-order valence-electron chi connectivity index (χ4n) is 6.02. The number of pyridine rings is 2. The summed E-state index contributed by atoms with van der Waals surface area (Å²) in [6, 6.07) is 13.6. The van der Waals surface area contributed by atoms with Gasteiger partial charge < -0.3 is 23.2 Å². The molecule has 5 heterocycles. The number of hydrogen-bond donors (Lipinski definition) is 0. The van der Waals surface area contributed by atoms with E-state index in [1.165, 1.54) is 0 Å². The van der Waals surface area contributed by atoms with Gasteiger partial charge in [0.1, 0.15) is 22.4 Å². The second-order valence-corrected chi connectivity index (χ2v) is 11.7. The van der Waals surface area contributed by atoms with Crippen LogP contribution in [0.25, 0.3) is 16.6 Å². The monoisotopic (exact) mass is 580 g/mol. The average Bonchev–Trinajstić information content (AvgIpc) is 3.62. The van der Waals surface area contributed by atoms with Crippen LogP contribution in [-0.4, -0.2) is 50.8 Å². The van der Waals surface area contributed by atoms with Gasteiger partial charge in [0, 0.05) is 70.1 Å². The van der Waals surface area contributed by atoms with Crippen molar-refractivity contribution >= 4 is 39.8 Å². The lowest BCUT2D eigenvalue weighted by Gasteiger charge is -2.27. The van der Waals surface area contributed by atoms with E-state index in [2.05, 4.69) is 16.0 Å². The van der Waals surface area contributed by atoms with E-state index in [-0.39, 0.29) is 17.4 Å². The van der Waals surface area contributed by atoms with Crippen molar-refractivity contribution in [3.63, 3.8) is 0 Å². The van der Waals surface area contributed by atoms with Gasteiger partial charge >= 0.3 is 0 Å². The molecule has 2 amide bonds. The van der Waals surface area contributed by atoms with Crippen LogP contribution >= 0.6 is 0 Å². The number of imidazole rings is 1. The molecule has 0 N–H and O–H groups in total. The number of carbonyl (C=O) groups is 2. The van der Waals surface area contributed by atoms with E-state index < -0.39 is 5.41 Å². The maximum absolute atomic E-state index is 13.4. The Bertz CT molecular complexity index is 1920. The number of fused-ring (bicyclic) bond motifs is 3. The summed E-state index contributed by atoms with van der Waals surface area (Å²) in [6.45, 7) is 9.81. The molecule has 1 aromatic carbocycles. The molecule has 0 radical (unpaired) electrons. The van der Waals surface area contributed by atoms with Gasteiger partial charge in [-0.3, -0.25) is 19.3 Å². The summed E-state index contributed by atoms with van der Waals surface area (Å²) in [6.07, 6.45) is 7.46. The van der Waals surface area contributed by atoms with Crippen LogP contribution in [0.15, 0.2) is 76.5 Å². The highest BCUT2D eigenvalue weighted by Crippen LogP contribution is 2.39. The minimum atomic E-state index is -1.17. The van der Waals surface area contributed by atoms with Crippen LogP contribution in [-0.2, 0) is 29.2 Å². The van der Waals surface area contributed by atoms with Crippen LogP contribution in [0.3, 0.4) is 0 Å². The number of aromatic nitrogens is 3. The van der Waals surface area contributed by atoms with E-state index >= 15 is 0 Å². The number of nitrogens with zero attached hydrogens (tertiary/aromatic N) is 6. The molecule has 222 valence electrons. The maximum Gasteiger partial charge on any atom is 0.261 e. The van der Waals surface area contributed by atoms with Crippen molar-refractivity contribution in [1.29, 1.82) is 0 Å². The van der Waals surface area contributed by atoms with Gasteiger partial charge in [-0.1, -0.05) is 12.1 Å². The highest BCUT2D eigenvalue weighted by Gasteiger charge is 2.45. The van der Waals surface area contributed by atoms with E-state index in [1.807, 2.05) is 61.0 Å². The molecule has 0 aliphatic carbocycles. The second kappa shape index (κ2) is 10.9. The molecule has 0 saturated heterocycles. The molecule has 1 aliphatic heterocycles. The van der Waals surface area contributed by atoms with Crippen molar-refractivity contribution in [3.8, 4) is 0 Å². The fourth-order valence-corrected chi connectivity index (χ4v) is 6.02. The fraction of sp³-hybridized carbons (Fsp3) is 0.333. The Kier molecular flexibility index (Phi) is 7.17. The molecular formula is C33H36N6O4.